The molecule has 1 aliphatic carbocycles. The highest BCUT2D eigenvalue weighted by molar-refractivity contribution is 6.06. The standard InChI is InChI=1S/C46H57N9O6/c1-6-41(57)52-17-20-61-40(27-52)34-22-31(7-8-37(34)53-14-13-51(25-29(53)2)32-10-18-60-19-11-32)48-42-45(59)50(5)26-36(49-42)33-9-12-47-43(35(33)28-56)55-16-15-54-38(44(55)58)21-30-23-46(3,4)24-39(30)54/h6-9,12,21-22,26,29,32,40,56H,1,10-11,13-20,23-25,27-28H2,2-5H3,(H,48,49)/t29-,40?/m0/s1. The number of amides is 2. The lowest BCUT2D eigenvalue weighted by Gasteiger charge is -2.46. The van der Waals surface area contributed by atoms with Crippen molar-refractivity contribution in [2.45, 2.75) is 77.8 Å². The van der Waals surface area contributed by atoms with Crippen LogP contribution in [0.4, 0.5) is 23.0 Å². The van der Waals surface area contributed by atoms with Crippen molar-refractivity contribution in [2.75, 3.05) is 74.2 Å². The van der Waals surface area contributed by atoms with Crippen molar-refractivity contribution in [1.29, 1.82) is 0 Å². The van der Waals surface area contributed by atoms with Crippen molar-refractivity contribution >= 4 is 34.8 Å². The molecule has 0 bridgehead atoms. The van der Waals surface area contributed by atoms with Crippen molar-refractivity contribution in [2.24, 2.45) is 12.5 Å². The molecule has 1 aromatic carbocycles. The minimum absolute atomic E-state index is 0.0942. The van der Waals surface area contributed by atoms with E-state index >= 15 is 0 Å². The zero-order chi connectivity index (χ0) is 42.6. The van der Waals surface area contributed by atoms with Crippen LogP contribution in [0.2, 0.25) is 0 Å². The van der Waals surface area contributed by atoms with E-state index in [0.29, 0.717) is 72.8 Å². The number of aromatic nitrogens is 4. The maximum atomic E-state index is 14.1. The maximum Gasteiger partial charge on any atom is 0.293 e. The lowest BCUT2D eigenvalue weighted by molar-refractivity contribution is -0.133. The Balaban J connectivity index is 1.02. The summed E-state index contributed by atoms with van der Waals surface area (Å²) in [6.07, 6.45) is 8.15. The Morgan fingerprint density at radius 3 is 2.62 bits per heavy atom. The van der Waals surface area contributed by atoms with Crippen LogP contribution in [0.1, 0.15) is 72.6 Å². The Kier molecular flexibility index (Phi) is 11.1. The zero-order valence-electron chi connectivity index (χ0n) is 35.7. The minimum atomic E-state index is -0.409. The number of pyridine rings is 1. The van der Waals surface area contributed by atoms with Crippen LogP contribution in [0, 0.1) is 5.41 Å². The molecule has 3 saturated heterocycles. The molecule has 15 nitrogen and oxygen atoms in total. The molecule has 4 aromatic rings. The third-order valence-corrected chi connectivity index (χ3v) is 13.3. The van der Waals surface area contributed by atoms with Gasteiger partial charge in [-0.3, -0.25) is 24.2 Å². The number of morpholine rings is 1. The SMILES string of the molecule is C=CC(=O)N1CCOC(c2cc(Nc3nc(-c4ccnc(N5CCn6c(cc7c6CC(C)(C)C7)C5=O)c4CO)cn(C)c3=O)ccc2N2CCN(C3CCOCC3)C[C@@H]2C)C1. The number of ether oxygens (including phenoxy) is 2. The number of carbonyl (C=O) groups excluding carboxylic acids is 2. The van der Waals surface area contributed by atoms with Gasteiger partial charge in [-0.05, 0) is 80.0 Å². The summed E-state index contributed by atoms with van der Waals surface area (Å²) in [6.45, 7) is 16.7. The summed E-state index contributed by atoms with van der Waals surface area (Å²) < 4.78 is 15.6. The van der Waals surface area contributed by atoms with Crippen LogP contribution in [0.3, 0.4) is 0 Å². The first-order valence-corrected chi connectivity index (χ1v) is 21.6. The number of aliphatic hydroxyl groups excluding tert-OH is 1. The smallest absolute Gasteiger partial charge is 0.293 e. The summed E-state index contributed by atoms with van der Waals surface area (Å²) in [5.41, 5.74) is 6.98. The fraction of sp³-hybridized carbons (Fsp3) is 0.500. The van der Waals surface area contributed by atoms with Gasteiger partial charge in [-0.15, -0.1) is 0 Å². The van der Waals surface area contributed by atoms with Crippen molar-refractivity contribution in [3.05, 3.63) is 93.8 Å². The molecule has 4 aliphatic heterocycles. The number of piperazine rings is 1. The summed E-state index contributed by atoms with van der Waals surface area (Å²) in [6, 6.07) is 10.6. The third-order valence-electron chi connectivity index (χ3n) is 13.3. The van der Waals surface area contributed by atoms with Crippen LogP contribution in [0.5, 0.6) is 0 Å². The molecule has 2 atom stereocenters. The van der Waals surface area contributed by atoms with E-state index in [1.54, 1.807) is 35.3 Å². The molecule has 15 heteroatoms. The Hall–Kier alpha value is -5.35. The molecule has 0 radical (unpaired) electrons. The van der Waals surface area contributed by atoms with Crippen molar-refractivity contribution in [1.82, 2.24) is 28.9 Å². The number of rotatable bonds is 9. The number of aliphatic hydroxyl groups is 1. The first-order valence-electron chi connectivity index (χ1n) is 21.6. The Morgan fingerprint density at radius 1 is 1.03 bits per heavy atom. The topological polar surface area (TPSA) is 151 Å². The molecular formula is C46H57N9O6. The van der Waals surface area contributed by atoms with Crippen LogP contribution in [-0.2, 0) is 47.3 Å². The van der Waals surface area contributed by atoms with Crippen molar-refractivity contribution in [3.8, 4) is 11.3 Å². The molecule has 2 N–H and O–H groups in total. The van der Waals surface area contributed by atoms with E-state index in [0.717, 1.165) is 69.8 Å². The van der Waals surface area contributed by atoms with Crippen LogP contribution in [0.15, 0.2) is 60.2 Å². The second-order valence-electron chi connectivity index (χ2n) is 18.0. The first kappa shape index (κ1) is 41.0. The normalized spacial score (nSPS) is 22.0. The molecular weight excluding hydrogens is 775 g/mol. The fourth-order valence-corrected chi connectivity index (χ4v) is 10.2. The molecule has 3 fully saturated rings. The zero-order valence-corrected chi connectivity index (χ0v) is 35.7. The highest BCUT2D eigenvalue weighted by Crippen LogP contribution is 2.41. The molecule has 3 aromatic heterocycles. The molecule has 1 unspecified atom stereocenters. The van der Waals surface area contributed by atoms with Crippen LogP contribution >= 0.6 is 0 Å². The van der Waals surface area contributed by atoms with Gasteiger partial charge >= 0.3 is 0 Å². The number of hydrogen-bond acceptors (Lipinski definition) is 11. The number of anilines is 4. The van der Waals surface area contributed by atoms with Crippen LogP contribution in [0.25, 0.3) is 11.3 Å². The van der Waals surface area contributed by atoms with E-state index in [2.05, 4.69) is 58.1 Å². The number of hydrogen-bond donors (Lipinski definition) is 2. The third kappa shape index (κ3) is 7.77. The molecule has 7 heterocycles. The summed E-state index contributed by atoms with van der Waals surface area (Å²) in [4.78, 5) is 58.5. The predicted molar refractivity (Wildman–Crippen MR) is 233 cm³/mol. The molecule has 61 heavy (non-hydrogen) atoms. The molecule has 0 saturated carbocycles. The summed E-state index contributed by atoms with van der Waals surface area (Å²) in [5, 5.41) is 14.2. The average molecular weight is 832 g/mol. The number of nitrogens with zero attached hydrogens (tertiary/aromatic N) is 8. The summed E-state index contributed by atoms with van der Waals surface area (Å²) in [7, 11) is 1.67. The van der Waals surface area contributed by atoms with Gasteiger partial charge in [0.15, 0.2) is 5.82 Å². The minimum Gasteiger partial charge on any atom is -0.392 e. The monoisotopic (exact) mass is 831 g/mol. The highest BCUT2D eigenvalue weighted by Gasteiger charge is 2.38. The number of benzene rings is 1. The van der Waals surface area contributed by atoms with E-state index in [9.17, 15) is 19.5 Å². The average Bonchev–Trinajstić information content (AvgIpc) is 3.77. The molecule has 5 aliphatic rings. The predicted octanol–water partition coefficient (Wildman–Crippen LogP) is 4.44. The summed E-state index contributed by atoms with van der Waals surface area (Å²) in [5.74, 6) is 0.182. The molecule has 0 spiro atoms. The van der Waals surface area contributed by atoms with Crippen molar-refractivity contribution < 1.29 is 24.2 Å². The molecule has 2 amide bonds. The van der Waals surface area contributed by atoms with Gasteiger partial charge in [-0.25, -0.2) is 9.97 Å². The van der Waals surface area contributed by atoms with Crippen LogP contribution in [-0.4, -0.2) is 117 Å². The summed E-state index contributed by atoms with van der Waals surface area (Å²) >= 11 is 0. The number of nitrogens with one attached hydrogen (secondary N) is 1. The molecule has 322 valence electrons. The van der Waals surface area contributed by atoms with Gasteiger partial charge in [-0.1, -0.05) is 20.4 Å². The first-order chi connectivity index (χ1) is 29.4. The van der Waals surface area contributed by atoms with Gasteiger partial charge < -0.3 is 38.8 Å². The van der Waals surface area contributed by atoms with Crippen LogP contribution < -0.4 is 20.7 Å². The maximum absolute atomic E-state index is 14.1. The number of fused-ring (bicyclic) bond motifs is 3. The van der Waals surface area contributed by atoms with Gasteiger partial charge in [0.1, 0.15) is 17.6 Å². The Labute approximate surface area is 356 Å². The van der Waals surface area contributed by atoms with Gasteiger partial charge in [0.05, 0.1) is 25.5 Å². The quantitative estimate of drug-likeness (QED) is 0.231. The van der Waals surface area contributed by atoms with E-state index < -0.39 is 6.10 Å². The fourth-order valence-electron chi connectivity index (χ4n) is 10.2. The van der Waals surface area contributed by atoms with E-state index in [1.165, 1.54) is 21.9 Å². The van der Waals surface area contributed by atoms with Gasteiger partial charge in [0.25, 0.3) is 11.5 Å². The lowest BCUT2D eigenvalue weighted by atomic mass is 9.90. The van der Waals surface area contributed by atoms with Gasteiger partial charge in [0, 0.05) is 118 Å². The Bertz CT molecular complexity index is 2420. The molecule has 9 rings (SSSR count). The number of aryl methyl sites for hydroxylation is 1. The van der Waals surface area contributed by atoms with Gasteiger partial charge in [0.2, 0.25) is 5.91 Å². The van der Waals surface area contributed by atoms with E-state index in [4.69, 9.17) is 14.5 Å². The van der Waals surface area contributed by atoms with E-state index in [1.807, 2.05) is 18.2 Å². The largest absolute Gasteiger partial charge is 0.392 e. The number of carbonyl (C=O) groups is 2. The highest BCUT2D eigenvalue weighted by atomic mass is 16.5. The van der Waals surface area contributed by atoms with Crippen molar-refractivity contribution in [3.63, 3.8) is 0 Å². The lowest BCUT2D eigenvalue weighted by Crippen LogP contribution is -2.56. The van der Waals surface area contributed by atoms with E-state index in [-0.39, 0.29) is 41.3 Å². The van der Waals surface area contributed by atoms with Gasteiger partial charge in [-0.2, -0.15) is 0 Å². The second kappa shape index (κ2) is 16.5. The second-order valence-corrected chi connectivity index (χ2v) is 18.0. The Morgan fingerprint density at radius 2 is 1.85 bits per heavy atom.